The van der Waals surface area contributed by atoms with Crippen LogP contribution >= 0.6 is 11.3 Å². The van der Waals surface area contributed by atoms with Crippen LogP contribution in [0.15, 0.2) is 29.6 Å². The van der Waals surface area contributed by atoms with E-state index in [1.165, 1.54) is 23.5 Å². The molecular weight excluding hydrogens is 358 g/mol. The van der Waals surface area contributed by atoms with E-state index >= 15 is 0 Å². The second kappa shape index (κ2) is 8.07. The number of hydrogen-bond acceptors (Lipinski definition) is 6. The molecular formula is C17H17N3O5S. The van der Waals surface area contributed by atoms with Crippen molar-refractivity contribution in [2.45, 2.75) is 18.9 Å². The summed E-state index contributed by atoms with van der Waals surface area (Å²) in [6, 6.07) is 6.15. The number of hydrogen-bond donors (Lipinski definition) is 3. The minimum absolute atomic E-state index is 0.0230. The lowest BCUT2D eigenvalue weighted by molar-refractivity contribution is -0.135. The summed E-state index contributed by atoms with van der Waals surface area (Å²) in [5, 5.41) is 16.0. The molecule has 8 nitrogen and oxygen atoms in total. The van der Waals surface area contributed by atoms with Crippen molar-refractivity contribution in [3.8, 4) is 0 Å². The first kappa shape index (κ1) is 18.0. The van der Waals surface area contributed by atoms with Crippen LogP contribution in [0.2, 0.25) is 0 Å². The van der Waals surface area contributed by atoms with Gasteiger partial charge in [0.25, 0.3) is 11.8 Å². The number of thiazole rings is 1. The maximum absolute atomic E-state index is 12.3. The molecule has 1 aliphatic rings. The highest BCUT2D eigenvalue weighted by atomic mass is 32.1. The molecule has 0 saturated carbocycles. The number of carbonyl (C=O) groups is 3. The Morgan fingerprint density at radius 3 is 2.65 bits per heavy atom. The van der Waals surface area contributed by atoms with Crippen LogP contribution in [0.25, 0.3) is 0 Å². The standard InChI is InChI=1S/C17H17N3O5S/c21-14(22)8-18-15(23)10-3-5-11(6-4-10)19-16(24)12-9-26-17(20-12)13-2-1-7-25-13/h3-6,9,13H,1-2,7-8H2,(H,18,23)(H,19,24)(H,21,22). The van der Waals surface area contributed by atoms with Crippen molar-refractivity contribution >= 4 is 34.8 Å². The van der Waals surface area contributed by atoms with Crippen LogP contribution in [-0.4, -0.2) is 41.0 Å². The molecule has 0 radical (unpaired) electrons. The first-order valence-electron chi connectivity index (χ1n) is 8.01. The number of aromatic nitrogens is 1. The summed E-state index contributed by atoms with van der Waals surface area (Å²) in [6.07, 6.45) is 1.89. The van der Waals surface area contributed by atoms with E-state index in [4.69, 9.17) is 9.84 Å². The molecule has 3 rings (SSSR count). The van der Waals surface area contributed by atoms with Crippen LogP contribution in [0.1, 0.15) is 44.8 Å². The number of ether oxygens (including phenoxy) is 1. The Labute approximate surface area is 153 Å². The van der Waals surface area contributed by atoms with E-state index in [0.717, 1.165) is 24.5 Å². The monoisotopic (exact) mass is 375 g/mol. The molecule has 9 heteroatoms. The molecule has 26 heavy (non-hydrogen) atoms. The third-order valence-electron chi connectivity index (χ3n) is 3.76. The first-order valence-corrected chi connectivity index (χ1v) is 8.89. The van der Waals surface area contributed by atoms with Crippen molar-refractivity contribution in [3.05, 3.63) is 45.9 Å². The highest BCUT2D eigenvalue weighted by Crippen LogP contribution is 2.30. The van der Waals surface area contributed by atoms with Crippen molar-refractivity contribution in [1.29, 1.82) is 0 Å². The van der Waals surface area contributed by atoms with E-state index in [1.807, 2.05) is 0 Å². The van der Waals surface area contributed by atoms with E-state index in [0.29, 0.717) is 16.9 Å². The van der Waals surface area contributed by atoms with Gasteiger partial charge in [0.1, 0.15) is 23.4 Å². The minimum Gasteiger partial charge on any atom is -0.480 e. The summed E-state index contributed by atoms with van der Waals surface area (Å²) in [6.45, 7) is 0.270. The Balaban J connectivity index is 1.59. The third kappa shape index (κ3) is 4.44. The van der Waals surface area contributed by atoms with Crippen LogP contribution in [-0.2, 0) is 9.53 Å². The number of nitrogens with zero attached hydrogens (tertiary/aromatic N) is 1. The zero-order chi connectivity index (χ0) is 18.5. The Bertz CT molecular complexity index is 812. The molecule has 136 valence electrons. The topological polar surface area (TPSA) is 118 Å². The molecule has 2 aromatic rings. The maximum Gasteiger partial charge on any atom is 0.322 e. The first-order chi connectivity index (χ1) is 12.5. The molecule has 1 aromatic heterocycles. The second-order valence-corrected chi connectivity index (χ2v) is 6.57. The number of carboxylic acids is 1. The number of rotatable bonds is 6. The summed E-state index contributed by atoms with van der Waals surface area (Å²) >= 11 is 1.40. The van der Waals surface area contributed by atoms with Crippen LogP contribution < -0.4 is 10.6 Å². The van der Waals surface area contributed by atoms with Crippen molar-refractivity contribution < 1.29 is 24.2 Å². The minimum atomic E-state index is -1.12. The number of anilines is 1. The fourth-order valence-electron chi connectivity index (χ4n) is 2.47. The summed E-state index contributed by atoms with van der Waals surface area (Å²) < 4.78 is 5.56. The molecule has 2 amide bonds. The molecule has 1 aromatic carbocycles. The zero-order valence-electron chi connectivity index (χ0n) is 13.7. The van der Waals surface area contributed by atoms with Crippen molar-refractivity contribution in [1.82, 2.24) is 10.3 Å². The number of nitrogens with one attached hydrogen (secondary N) is 2. The van der Waals surface area contributed by atoms with E-state index in [2.05, 4.69) is 15.6 Å². The number of benzene rings is 1. The third-order valence-corrected chi connectivity index (χ3v) is 4.70. The largest absolute Gasteiger partial charge is 0.480 e. The molecule has 1 saturated heterocycles. The van der Waals surface area contributed by atoms with Gasteiger partial charge in [-0.15, -0.1) is 11.3 Å². The van der Waals surface area contributed by atoms with Crippen molar-refractivity contribution in [2.75, 3.05) is 18.5 Å². The van der Waals surface area contributed by atoms with Gasteiger partial charge in [-0.3, -0.25) is 14.4 Å². The van der Waals surface area contributed by atoms with Crippen LogP contribution in [0.3, 0.4) is 0 Å². The van der Waals surface area contributed by atoms with E-state index in [9.17, 15) is 14.4 Å². The lowest BCUT2D eigenvalue weighted by Crippen LogP contribution is -2.29. The summed E-state index contributed by atoms with van der Waals surface area (Å²) in [4.78, 5) is 38.8. The van der Waals surface area contributed by atoms with Gasteiger partial charge < -0.3 is 20.5 Å². The van der Waals surface area contributed by atoms with Gasteiger partial charge >= 0.3 is 5.97 Å². The Kier molecular flexibility index (Phi) is 5.59. The predicted molar refractivity (Wildman–Crippen MR) is 94.4 cm³/mol. The van der Waals surface area contributed by atoms with Gasteiger partial charge in [0, 0.05) is 23.2 Å². The Morgan fingerprint density at radius 2 is 2.00 bits per heavy atom. The number of amides is 2. The maximum atomic E-state index is 12.3. The fourth-order valence-corrected chi connectivity index (χ4v) is 3.35. The van der Waals surface area contributed by atoms with E-state index in [-0.39, 0.29) is 12.0 Å². The zero-order valence-corrected chi connectivity index (χ0v) is 14.5. The average molecular weight is 375 g/mol. The van der Waals surface area contributed by atoms with Crippen LogP contribution in [0.4, 0.5) is 5.69 Å². The summed E-state index contributed by atoms with van der Waals surface area (Å²) in [5.74, 6) is -1.95. The quantitative estimate of drug-likeness (QED) is 0.711. The molecule has 1 aliphatic heterocycles. The number of aliphatic carboxylic acids is 1. The Hall–Kier alpha value is -2.78. The number of carbonyl (C=O) groups excluding carboxylic acids is 2. The van der Waals surface area contributed by atoms with Gasteiger partial charge in [0.05, 0.1) is 0 Å². The smallest absolute Gasteiger partial charge is 0.322 e. The van der Waals surface area contributed by atoms with Gasteiger partial charge in [-0.1, -0.05) is 0 Å². The highest BCUT2D eigenvalue weighted by Gasteiger charge is 2.22. The van der Waals surface area contributed by atoms with Gasteiger partial charge in [0.15, 0.2) is 0 Å². The van der Waals surface area contributed by atoms with E-state index in [1.54, 1.807) is 17.5 Å². The van der Waals surface area contributed by atoms with E-state index < -0.39 is 18.4 Å². The van der Waals surface area contributed by atoms with Gasteiger partial charge in [0.2, 0.25) is 0 Å². The normalized spacial score (nSPS) is 16.2. The Morgan fingerprint density at radius 1 is 1.23 bits per heavy atom. The molecule has 1 unspecified atom stereocenters. The molecule has 3 N–H and O–H groups in total. The fraction of sp³-hybridized carbons (Fsp3) is 0.294. The van der Waals surface area contributed by atoms with Gasteiger partial charge in [-0.25, -0.2) is 4.98 Å². The molecule has 2 heterocycles. The summed E-state index contributed by atoms with van der Waals surface area (Å²) in [5.41, 5.74) is 1.14. The van der Waals surface area contributed by atoms with Crippen molar-refractivity contribution in [3.63, 3.8) is 0 Å². The lowest BCUT2D eigenvalue weighted by Gasteiger charge is -2.06. The molecule has 1 fully saturated rings. The highest BCUT2D eigenvalue weighted by molar-refractivity contribution is 7.09. The summed E-state index contributed by atoms with van der Waals surface area (Å²) in [7, 11) is 0. The number of carboxylic acid groups (broad SMARTS) is 1. The molecule has 0 spiro atoms. The molecule has 0 aliphatic carbocycles. The molecule has 0 bridgehead atoms. The SMILES string of the molecule is O=C(O)CNC(=O)c1ccc(NC(=O)c2csc(C3CCCO3)n2)cc1. The van der Waals surface area contributed by atoms with Crippen molar-refractivity contribution in [2.24, 2.45) is 0 Å². The van der Waals surface area contributed by atoms with Crippen LogP contribution in [0.5, 0.6) is 0 Å². The van der Waals surface area contributed by atoms with Gasteiger partial charge in [-0.05, 0) is 37.1 Å². The lowest BCUT2D eigenvalue weighted by atomic mass is 10.2. The average Bonchev–Trinajstić information content (AvgIpc) is 3.31. The second-order valence-electron chi connectivity index (χ2n) is 5.68. The predicted octanol–water partition coefficient (Wildman–Crippen LogP) is 2.06. The molecule has 1 atom stereocenters. The van der Waals surface area contributed by atoms with Gasteiger partial charge in [-0.2, -0.15) is 0 Å². The van der Waals surface area contributed by atoms with Crippen LogP contribution in [0, 0.1) is 0 Å².